The molecule has 6 heteroatoms. The quantitative estimate of drug-likeness (QED) is 0.660. The van der Waals surface area contributed by atoms with Gasteiger partial charge < -0.3 is 9.73 Å². The fraction of sp³-hybridized carbons (Fsp3) is 0.217. The highest BCUT2D eigenvalue weighted by Crippen LogP contribution is 2.45. The first kappa shape index (κ1) is 17.9. The molecule has 0 bridgehead atoms. The molecule has 1 aliphatic carbocycles. The number of amides is 1. The van der Waals surface area contributed by atoms with Gasteiger partial charge in [0.1, 0.15) is 11.8 Å². The van der Waals surface area contributed by atoms with E-state index < -0.39 is 6.04 Å². The molecule has 146 valence electrons. The summed E-state index contributed by atoms with van der Waals surface area (Å²) in [6, 6.07) is 14.7. The summed E-state index contributed by atoms with van der Waals surface area (Å²) in [5.41, 5.74) is 3.13. The molecule has 3 aromatic rings. The first-order valence-corrected chi connectivity index (χ1v) is 10.6. The molecule has 2 aromatic heterocycles. The van der Waals surface area contributed by atoms with Gasteiger partial charge in [-0.15, -0.1) is 11.3 Å². The highest BCUT2D eigenvalue weighted by atomic mass is 32.1. The first-order valence-electron chi connectivity index (χ1n) is 9.72. The second kappa shape index (κ2) is 7.37. The number of hydrogen-bond donors (Lipinski definition) is 1. The third kappa shape index (κ3) is 3.19. The smallest absolute Gasteiger partial charge is 0.233 e. The van der Waals surface area contributed by atoms with Crippen molar-refractivity contribution in [2.24, 2.45) is 0 Å². The Morgan fingerprint density at radius 2 is 2.03 bits per heavy atom. The van der Waals surface area contributed by atoms with Gasteiger partial charge in [0, 0.05) is 22.6 Å². The van der Waals surface area contributed by atoms with Crippen molar-refractivity contribution >= 4 is 34.4 Å². The van der Waals surface area contributed by atoms with Crippen molar-refractivity contribution < 1.29 is 14.0 Å². The minimum absolute atomic E-state index is 0.0600. The number of thiophene rings is 1. The molecule has 0 saturated heterocycles. The minimum Gasteiger partial charge on any atom is -0.467 e. The van der Waals surface area contributed by atoms with Crippen LogP contribution >= 0.6 is 11.3 Å². The highest BCUT2D eigenvalue weighted by Gasteiger charge is 2.40. The van der Waals surface area contributed by atoms with E-state index in [1.54, 1.807) is 28.6 Å². The van der Waals surface area contributed by atoms with Gasteiger partial charge in [0.2, 0.25) is 5.91 Å². The number of carbonyl (C=O) groups excluding carboxylic acids is 2. The Labute approximate surface area is 172 Å². The van der Waals surface area contributed by atoms with Crippen LogP contribution in [-0.4, -0.2) is 11.7 Å². The lowest BCUT2D eigenvalue weighted by Crippen LogP contribution is -2.38. The van der Waals surface area contributed by atoms with Gasteiger partial charge in [-0.3, -0.25) is 14.5 Å². The Bertz CT molecular complexity index is 1080. The number of nitrogens with one attached hydrogen (secondary N) is 1. The summed E-state index contributed by atoms with van der Waals surface area (Å²) >= 11 is 1.56. The monoisotopic (exact) mass is 404 g/mol. The predicted molar refractivity (Wildman–Crippen MR) is 113 cm³/mol. The Kier molecular flexibility index (Phi) is 4.56. The molecule has 0 fully saturated rings. The van der Waals surface area contributed by atoms with Gasteiger partial charge >= 0.3 is 0 Å². The number of nitrogens with zero attached hydrogens (tertiary/aromatic N) is 1. The number of furan rings is 1. The van der Waals surface area contributed by atoms with Gasteiger partial charge in [0.25, 0.3) is 0 Å². The zero-order valence-electron chi connectivity index (χ0n) is 15.8. The first-order chi connectivity index (χ1) is 14.2. The zero-order chi connectivity index (χ0) is 19.8. The van der Waals surface area contributed by atoms with Gasteiger partial charge in [-0.2, -0.15) is 0 Å². The molecule has 1 aromatic carbocycles. The summed E-state index contributed by atoms with van der Waals surface area (Å²) in [7, 11) is 0. The van der Waals surface area contributed by atoms with E-state index in [4.69, 9.17) is 4.42 Å². The van der Waals surface area contributed by atoms with E-state index in [0.717, 1.165) is 34.8 Å². The Balaban J connectivity index is 1.70. The fourth-order valence-electron chi connectivity index (χ4n) is 4.17. The number of anilines is 2. The normalized spacial score (nSPS) is 18.7. The van der Waals surface area contributed by atoms with Crippen molar-refractivity contribution in [2.45, 2.75) is 31.7 Å². The van der Waals surface area contributed by atoms with Gasteiger partial charge in [0.15, 0.2) is 5.78 Å². The summed E-state index contributed by atoms with van der Waals surface area (Å²) in [5.74, 6) is 0.614. The van der Waals surface area contributed by atoms with Gasteiger partial charge in [-0.25, -0.2) is 0 Å². The minimum atomic E-state index is -0.573. The number of para-hydroxylation sites is 2. The summed E-state index contributed by atoms with van der Waals surface area (Å²) in [6.07, 6.45) is 3.94. The lowest BCUT2D eigenvalue weighted by Gasteiger charge is -2.32. The number of hydrogen-bond acceptors (Lipinski definition) is 5. The fourth-order valence-corrected chi connectivity index (χ4v) is 4.87. The Morgan fingerprint density at radius 1 is 1.14 bits per heavy atom. The molecule has 1 atom stereocenters. The molecule has 3 heterocycles. The number of rotatable bonds is 3. The number of carbonyl (C=O) groups is 2. The maximum atomic E-state index is 13.6. The lowest BCUT2D eigenvalue weighted by molar-refractivity contribution is -0.118. The summed E-state index contributed by atoms with van der Waals surface area (Å²) in [4.78, 5) is 29.4. The highest BCUT2D eigenvalue weighted by molar-refractivity contribution is 7.10. The van der Waals surface area contributed by atoms with Crippen LogP contribution in [0.3, 0.4) is 0 Å². The molecule has 5 rings (SSSR count). The largest absolute Gasteiger partial charge is 0.467 e. The number of Topliss-reactive ketones (excluding diaryl/α,β-unsaturated/α-hetero) is 1. The standard InChI is InChI=1S/C23H20N2O3S/c26-19-10-3-8-17-22(19)23(20-11-4-12-28-20)25(18-9-2-1-7-16(18)24-17)21(27)14-15-6-5-13-29-15/h1-2,4-7,9,11-13,23-24H,3,8,10,14H2/t23-/m1/s1. The number of fused-ring (bicyclic) bond motifs is 1. The number of benzene rings is 1. The molecule has 0 saturated carbocycles. The van der Waals surface area contributed by atoms with Gasteiger partial charge in [-0.05, 0) is 48.6 Å². The van der Waals surface area contributed by atoms with Crippen LogP contribution in [0.4, 0.5) is 11.4 Å². The average molecular weight is 404 g/mol. The average Bonchev–Trinajstić information content (AvgIpc) is 3.40. The molecular formula is C23H20N2O3S. The topological polar surface area (TPSA) is 62.6 Å². The van der Waals surface area contributed by atoms with Crippen molar-refractivity contribution in [2.75, 3.05) is 10.2 Å². The Hall–Kier alpha value is -3.12. The molecule has 0 spiro atoms. The summed E-state index contributed by atoms with van der Waals surface area (Å²) in [6.45, 7) is 0. The van der Waals surface area contributed by atoms with Crippen LogP contribution in [-0.2, 0) is 16.0 Å². The van der Waals surface area contributed by atoms with E-state index in [-0.39, 0.29) is 18.1 Å². The van der Waals surface area contributed by atoms with E-state index in [9.17, 15) is 9.59 Å². The number of ketones is 1. The van der Waals surface area contributed by atoms with Crippen LogP contribution in [0.25, 0.3) is 0 Å². The molecule has 2 aliphatic rings. The maximum Gasteiger partial charge on any atom is 0.233 e. The molecule has 1 amide bonds. The van der Waals surface area contributed by atoms with Gasteiger partial charge in [-0.1, -0.05) is 18.2 Å². The van der Waals surface area contributed by atoms with Crippen molar-refractivity contribution in [3.8, 4) is 0 Å². The molecule has 1 N–H and O–H groups in total. The maximum absolute atomic E-state index is 13.6. The van der Waals surface area contributed by atoms with Crippen molar-refractivity contribution in [3.63, 3.8) is 0 Å². The molecule has 1 aliphatic heterocycles. The third-order valence-corrected chi connectivity index (χ3v) is 6.30. The van der Waals surface area contributed by atoms with Crippen LogP contribution in [0, 0.1) is 0 Å². The number of allylic oxidation sites excluding steroid dienone is 1. The second-order valence-electron chi connectivity index (χ2n) is 7.25. The zero-order valence-corrected chi connectivity index (χ0v) is 16.6. The second-order valence-corrected chi connectivity index (χ2v) is 8.28. The predicted octanol–water partition coefficient (Wildman–Crippen LogP) is 5.09. The molecule has 5 nitrogen and oxygen atoms in total. The van der Waals surface area contributed by atoms with E-state index in [1.165, 1.54) is 0 Å². The van der Waals surface area contributed by atoms with Crippen LogP contribution in [0.5, 0.6) is 0 Å². The molecular weight excluding hydrogens is 384 g/mol. The van der Waals surface area contributed by atoms with Crippen LogP contribution in [0.1, 0.15) is 35.9 Å². The van der Waals surface area contributed by atoms with Gasteiger partial charge in [0.05, 0.1) is 24.1 Å². The molecule has 29 heavy (non-hydrogen) atoms. The van der Waals surface area contributed by atoms with Crippen molar-refractivity contribution in [1.82, 2.24) is 0 Å². The van der Waals surface area contributed by atoms with E-state index >= 15 is 0 Å². The van der Waals surface area contributed by atoms with Crippen molar-refractivity contribution in [3.05, 3.63) is 82.1 Å². The van der Waals surface area contributed by atoms with Crippen LogP contribution < -0.4 is 10.2 Å². The Morgan fingerprint density at radius 3 is 2.83 bits per heavy atom. The summed E-state index contributed by atoms with van der Waals surface area (Å²) in [5, 5.41) is 5.42. The summed E-state index contributed by atoms with van der Waals surface area (Å²) < 4.78 is 5.75. The molecule has 0 unspecified atom stereocenters. The molecule has 0 radical (unpaired) electrons. The SMILES string of the molecule is O=C1CCCC2=C1[C@@H](c1ccco1)N(C(=O)Cc1cccs1)c1ccccc1N2. The van der Waals surface area contributed by atoms with E-state index in [0.29, 0.717) is 17.8 Å². The van der Waals surface area contributed by atoms with Crippen molar-refractivity contribution in [1.29, 1.82) is 0 Å². The lowest BCUT2D eigenvalue weighted by atomic mass is 9.88. The van der Waals surface area contributed by atoms with Crippen LogP contribution in [0.15, 0.2) is 75.9 Å². The van der Waals surface area contributed by atoms with E-state index in [1.807, 2.05) is 47.8 Å². The van der Waals surface area contributed by atoms with Crippen LogP contribution in [0.2, 0.25) is 0 Å². The third-order valence-electron chi connectivity index (χ3n) is 5.42. The van der Waals surface area contributed by atoms with E-state index in [2.05, 4.69) is 5.32 Å².